The van der Waals surface area contributed by atoms with E-state index in [0.29, 0.717) is 12.4 Å². The normalized spacial score (nSPS) is 11.7. The number of nitrogen functional groups attached to an aromatic ring is 1. The number of nitrogens with one attached hydrogen (secondary N) is 1. The van der Waals surface area contributed by atoms with Crippen LogP contribution in [0.25, 0.3) is 0 Å². The van der Waals surface area contributed by atoms with E-state index in [-0.39, 0.29) is 5.41 Å². The molecule has 0 amide bonds. The lowest BCUT2D eigenvalue weighted by molar-refractivity contribution is 0.141. The van der Waals surface area contributed by atoms with E-state index in [9.17, 15) is 0 Å². The van der Waals surface area contributed by atoms with Crippen LogP contribution in [0.3, 0.4) is 0 Å². The van der Waals surface area contributed by atoms with Gasteiger partial charge in [-0.1, -0.05) is 34.1 Å². The average molecular weight is 280 g/mol. The molecule has 0 fully saturated rings. The van der Waals surface area contributed by atoms with Crippen molar-refractivity contribution in [3.8, 4) is 0 Å². The topological polar surface area (TPSA) is 73.1 Å². The largest absolute Gasteiger partial charge is 0.383 e. The van der Waals surface area contributed by atoms with Crippen molar-refractivity contribution < 1.29 is 4.74 Å². The van der Waals surface area contributed by atoms with Crippen molar-refractivity contribution in [2.24, 2.45) is 0 Å². The molecule has 0 unspecified atom stereocenters. The van der Waals surface area contributed by atoms with E-state index < -0.39 is 0 Å². The molecule has 0 aliphatic carbocycles. The molecular formula is C15H28N4O. The fraction of sp³-hybridized carbons (Fsp3) is 0.733. The number of rotatable bonds is 7. The number of nitrogens with zero attached hydrogens (tertiary/aromatic N) is 2. The van der Waals surface area contributed by atoms with Gasteiger partial charge in [-0.05, 0) is 13.3 Å². The van der Waals surface area contributed by atoms with Crippen LogP contribution >= 0.6 is 0 Å². The van der Waals surface area contributed by atoms with E-state index >= 15 is 0 Å². The van der Waals surface area contributed by atoms with Gasteiger partial charge in [-0.2, -0.15) is 0 Å². The molecule has 0 radical (unpaired) electrons. The first kappa shape index (κ1) is 16.7. The van der Waals surface area contributed by atoms with E-state index in [2.05, 4.69) is 43.0 Å². The second kappa shape index (κ2) is 7.43. The van der Waals surface area contributed by atoms with Crippen LogP contribution in [0.5, 0.6) is 0 Å². The monoisotopic (exact) mass is 280 g/mol. The Bertz CT molecular complexity index is 427. The molecule has 1 aromatic heterocycles. The van der Waals surface area contributed by atoms with Crippen molar-refractivity contribution in [3.63, 3.8) is 0 Å². The third kappa shape index (κ3) is 4.96. The lowest BCUT2D eigenvalue weighted by atomic mass is 9.95. The van der Waals surface area contributed by atoms with Crippen molar-refractivity contribution in [1.82, 2.24) is 9.97 Å². The van der Waals surface area contributed by atoms with Crippen LogP contribution in [0.2, 0.25) is 0 Å². The van der Waals surface area contributed by atoms with Gasteiger partial charge in [-0.25, -0.2) is 9.97 Å². The molecule has 1 heterocycles. The maximum absolute atomic E-state index is 5.97. The Kier molecular flexibility index (Phi) is 6.20. The zero-order chi connectivity index (χ0) is 15.2. The summed E-state index contributed by atoms with van der Waals surface area (Å²) in [6.07, 6.45) is 2.26. The molecule has 3 N–H and O–H groups in total. The Labute approximate surface area is 122 Å². The molecule has 0 bridgehead atoms. The number of hydrogen-bond donors (Lipinski definition) is 2. The van der Waals surface area contributed by atoms with Gasteiger partial charge in [0.1, 0.15) is 17.5 Å². The first-order valence-electron chi connectivity index (χ1n) is 7.32. The van der Waals surface area contributed by atoms with Gasteiger partial charge in [0, 0.05) is 24.1 Å². The van der Waals surface area contributed by atoms with Gasteiger partial charge in [0.05, 0.1) is 6.61 Å². The van der Waals surface area contributed by atoms with Crippen molar-refractivity contribution in [2.75, 3.05) is 30.8 Å². The molecule has 0 atom stereocenters. The Hall–Kier alpha value is -1.36. The first-order chi connectivity index (χ1) is 9.36. The number of unbranched alkanes of at least 4 members (excludes halogenated alkanes) is 1. The van der Waals surface area contributed by atoms with E-state index in [4.69, 9.17) is 10.5 Å². The summed E-state index contributed by atoms with van der Waals surface area (Å²) in [5.74, 6) is 2.11. The summed E-state index contributed by atoms with van der Waals surface area (Å²) in [4.78, 5) is 8.95. The molecule has 5 nitrogen and oxygen atoms in total. The van der Waals surface area contributed by atoms with Crippen LogP contribution in [0.4, 0.5) is 11.6 Å². The third-order valence-electron chi connectivity index (χ3n) is 3.04. The van der Waals surface area contributed by atoms with Gasteiger partial charge >= 0.3 is 0 Å². The lowest BCUT2D eigenvalue weighted by Crippen LogP contribution is -2.20. The van der Waals surface area contributed by atoms with Gasteiger partial charge in [0.2, 0.25) is 0 Å². The number of nitrogens with two attached hydrogens (primary N) is 1. The summed E-state index contributed by atoms with van der Waals surface area (Å²) >= 11 is 0. The molecule has 0 spiro atoms. The second-order valence-electron chi connectivity index (χ2n) is 6.05. The van der Waals surface area contributed by atoms with Crippen molar-refractivity contribution in [2.45, 2.75) is 52.9 Å². The van der Waals surface area contributed by atoms with E-state index in [0.717, 1.165) is 43.2 Å². The lowest BCUT2D eigenvalue weighted by Gasteiger charge is -2.19. The highest BCUT2D eigenvalue weighted by molar-refractivity contribution is 5.55. The minimum absolute atomic E-state index is 0.115. The van der Waals surface area contributed by atoms with Gasteiger partial charge < -0.3 is 15.8 Å². The van der Waals surface area contributed by atoms with Crippen LogP contribution in [0.15, 0.2) is 0 Å². The van der Waals surface area contributed by atoms with Crippen molar-refractivity contribution >= 4 is 11.6 Å². The van der Waals surface area contributed by atoms with Crippen LogP contribution in [0, 0.1) is 6.92 Å². The summed E-state index contributed by atoms with van der Waals surface area (Å²) in [6.45, 7) is 12.5. The second-order valence-corrected chi connectivity index (χ2v) is 6.05. The van der Waals surface area contributed by atoms with Crippen LogP contribution in [-0.2, 0) is 10.2 Å². The molecule has 0 aliphatic heterocycles. The predicted octanol–water partition coefficient (Wildman–Crippen LogP) is 2.89. The zero-order valence-corrected chi connectivity index (χ0v) is 13.4. The maximum Gasteiger partial charge on any atom is 0.138 e. The van der Waals surface area contributed by atoms with Crippen LogP contribution in [0.1, 0.15) is 51.9 Å². The van der Waals surface area contributed by atoms with Gasteiger partial charge in [-0.15, -0.1) is 0 Å². The number of ether oxygens (including phenoxy) is 1. The molecule has 20 heavy (non-hydrogen) atoms. The Morgan fingerprint density at radius 1 is 1.20 bits per heavy atom. The van der Waals surface area contributed by atoms with Crippen LogP contribution < -0.4 is 11.1 Å². The minimum Gasteiger partial charge on any atom is -0.383 e. The quantitative estimate of drug-likeness (QED) is 0.751. The fourth-order valence-corrected chi connectivity index (χ4v) is 1.63. The van der Waals surface area contributed by atoms with Gasteiger partial charge in [0.15, 0.2) is 0 Å². The molecule has 0 saturated carbocycles. The van der Waals surface area contributed by atoms with Crippen molar-refractivity contribution in [3.05, 3.63) is 11.4 Å². The molecule has 114 valence electrons. The number of hydrogen-bond acceptors (Lipinski definition) is 5. The van der Waals surface area contributed by atoms with E-state index in [1.807, 2.05) is 6.92 Å². The average Bonchev–Trinajstić information content (AvgIpc) is 2.37. The summed E-state index contributed by atoms with van der Waals surface area (Å²) < 4.78 is 5.53. The SMILES string of the molecule is CCCCOCCNc1nc(C(C)(C)C)nc(N)c1C. The van der Waals surface area contributed by atoms with Gasteiger partial charge in [-0.3, -0.25) is 0 Å². The molecule has 1 aromatic rings. The number of anilines is 2. The molecule has 1 rings (SSSR count). The molecular weight excluding hydrogens is 252 g/mol. The van der Waals surface area contributed by atoms with Gasteiger partial charge in [0.25, 0.3) is 0 Å². The Balaban J connectivity index is 2.63. The molecule has 0 aromatic carbocycles. The highest BCUT2D eigenvalue weighted by Crippen LogP contribution is 2.24. The van der Waals surface area contributed by atoms with Crippen molar-refractivity contribution in [1.29, 1.82) is 0 Å². The number of aromatic nitrogens is 2. The smallest absolute Gasteiger partial charge is 0.138 e. The third-order valence-corrected chi connectivity index (χ3v) is 3.04. The maximum atomic E-state index is 5.97. The highest BCUT2D eigenvalue weighted by Gasteiger charge is 2.20. The zero-order valence-electron chi connectivity index (χ0n) is 13.4. The summed E-state index contributed by atoms with van der Waals surface area (Å²) in [6, 6.07) is 0. The summed E-state index contributed by atoms with van der Waals surface area (Å²) in [7, 11) is 0. The van der Waals surface area contributed by atoms with E-state index in [1.54, 1.807) is 0 Å². The summed E-state index contributed by atoms with van der Waals surface area (Å²) in [5.41, 5.74) is 6.75. The van der Waals surface area contributed by atoms with Crippen LogP contribution in [-0.4, -0.2) is 29.7 Å². The van der Waals surface area contributed by atoms with E-state index in [1.165, 1.54) is 0 Å². The summed E-state index contributed by atoms with van der Waals surface area (Å²) in [5, 5.41) is 3.29. The Morgan fingerprint density at radius 3 is 2.50 bits per heavy atom. The fourth-order valence-electron chi connectivity index (χ4n) is 1.63. The highest BCUT2D eigenvalue weighted by atomic mass is 16.5. The molecule has 0 aliphatic rings. The standard InChI is InChI=1S/C15H28N4O/c1-6-7-9-20-10-8-17-13-11(2)12(16)18-14(19-13)15(3,4)5/h6-10H2,1-5H3,(H3,16,17,18,19). The first-order valence-corrected chi connectivity index (χ1v) is 7.32. The predicted molar refractivity (Wildman–Crippen MR) is 84.1 cm³/mol. The molecule has 0 saturated heterocycles. The molecule has 5 heteroatoms. The Morgan fingerprint density at radius 2 is 1.90 bits per heavy atom. The minimum atomic E-state index is -0.115.